The second-order valence-electron chi connectivity index (χ2n) is 8.10. The SMILES string of the molecule is C=CC(=O)OC(C)(C)CCOC(C)(C)CC1(C(C#N)(C#N)C#N)COCOC1. The Bertz CT molecular complexity index is 667. The van der Waals surface area contributed by atoms with Gasteiger partial charge in [0.15, 0.2) is 0 Å². The van der Waals surface area contributed by atoms with Gasteiger partial charge in [0.25, 0.3) is 0 Å². The predicted molar refractivity (Wildman–Crippen MR) is 98.1 cm³/mol. The van der Waals surface area contributed by atoms with Gasteiger partial charge in [-0.2, -0.15) is 15.8 Å². The second kappa shape index (κ2) is 9.17. The van der Waals surface area contributed by atoms with E-state index in [1.807, 2.05) is 32.1 Å². The van der Waals surface area contributed by atoms with Crippen molar-refractivity contribution in [2.75, 3.05) is 26.6 Å². The molecule has 0 aromatic rings. The first-order valence-electron chi connectivity index (χ1n) is 8.90. The number of hydrogen-bond donors (Lipinski definition) is 0. The molecule has 1 saturated heterocycles. The molecule has 1 rings (SSSR count). The van der Waals surface area contributed by atoms with E-state index in [2.05, 4.69) is 6.58 Å². The van der Waals surface area contributed by atoms with Gasteiger partial charge >= 0.3 is 5.97 Å². The minimum Gasteiger partial charge on any atom is -0.456 e. The molecule has 0 saturated carbocycles. The zero-order valence-electron chi connectivity index (χ0n) is 16.9. The second-order valence-corrected chi connectivity index (χ2v) is 8.10. The van der Waals surface area contributed by atoms with Crippen molar-refractivity contribution in [1.29, 1.82) is 15.8 Å². The van der Waals surface area contributed by atoms with Crippen molar-refractivity contribution in [3.8, 4) is 18.2 Å². The summed E-state index contributed by atoms with van der Waals surface area (Å²) in [6.07, 6.45) is 1.72. The summed E-state index contributed by atoms with van der Waals surface area (Å²) >= 11 is 0. The van der Waals surface area contributed by atoms with Crippen molar-refractivity contribution in [3.63, 3.8) is 0 Å². The van der Waals surface area contributed by atoms with Crippen molar-refractivity contribution in [2.24, 2.45) is 10.8 Å². The van der Waals surface area contributed by atoms with E-state index in [0.29, 0.717) is 6.42 Å². The first-order chi connectivity index (χ1) is 13.0. The molecule has 0 spiro atoms. The summed E-state index contributed by atoms with van der Waals surface area (Å²) < 4.78 is 22.0. The van der Waals surface area contributed by atoms with Crippen molar-refractivity contribution >= 4 is 5.97 Å². The minimum absolute atomic E-state index is 0.0386. The third-order valence-corrected chi connectivity index (χ3v) is 4.73. The van der Waals surface area contributed by atoms with Crippen LogP contribution in [0.25, 0.3) is 0 Å². The predicted octanol–water partition coefficient (Wildman–Crippen LogP) is 2.62. The zero-order valence-corrected chi connectivity index (χ0v) is 16.9. The maximum Gasteiger partial charge on any atom is 0.330 e. The zero-order chi connectivity index (χ0) is 21.5. The highest BCUT2D eigenvalue weighted by Crippen LogP contribution is 2.47. The van der Waals surface area contributed by atoms with Crippen LogP contribution in [0.5, 0.6) is 0 Å². The standard InChI is InChI=1S/C20H27N3O5/c1-6-16(24)28-17(2,3)7-8-27-18(4,5)9-19(13-25-15-26-14-19)20(10-21,11-22)12-23/h6H,1,7-9,13-15H2,2-5H3. The number of esters is 1. The number of ether oxygens (including phenoxy) is 4. The number of carbonyl (C=O) groups is 1. The van der Waals surface area contributed by atoms with Gasteiger partial charge in [0.2, 0.25) is 5.41 Å². The van der Waals surface area contributed by atoms with E-state index in [0.717, 1.165) is 6.08 Å². The highest BCUT2D eigenvalue weighted by atomic mass is 16.7. The van der Waals surface area contributed by atoms with Gasteiger partial charge in [-0.15, -0.1) is 0 Å². The fourth-order valence-corrected chi connectivity index (χ4v) is 3.26. The van der Waals surface area contributed by atoms with Crippen LogP contribution >= 0.6 is 0 Å². The van der Waals surface area contributed by atoms with Crippen LogP contribution in [0.15, 0.2) is 12.7 Å². The monoisotopic (exact) mass is 389 g/mol. The topological polar surface area (TPSA) is 125 Å². The maximum absolute atomic E-state index is 11.4. The molecule has 0 bridgehead atoms. The van der Waals surface area contributed by atoms with Gasteiger partial charge < -0.3 is 18.9 Å². The Labute approximate surface area is 166 Å². The Kier molecular flexibility index (Phi) is 7.73. The first kappa shape index (κ1) is 23.6. The van der Waals surface area contributed by atoms with Crippen LogP contribution < -0.4 is 0 Å². The molecule has 0 aliphatic carbocycles. The summed E-state index contributed by atoms with van der Waals surface area (Å²) in [5.41, 5.74) is -4.62. The van der Waals surface area contributed by atoms with E-state index < -0.39 is 28.0 Å². The summed E-state index contributed by atoms with van der Waals surface area (Å²) in [6, 6.07) is 5.56. The number of carbonyl (C=O) groups excluding carboxylic acids is 1. The maximum atomic E-state index is 11.4. The minimum atomic E-state index is -1.92. The van der Waals surface area contributed by atoms with E-state index >= 15 is 0 Å². The lowest BCUT2D eigenvalue weighted by atomic mass is 9.61. The van der Waals surface area contributed by atoms with Crippen LogP contribution in [0.3, 0.4) is 0 Å². The molecular formula is C20H27N3O5. The van der Waals surface area contributed by atoms with Gasteiger partial charge in [-0.25, -0.2) is 4.79 Å². The number of nitrogens with zero attached hydrogens (tertiary/aromatic N) is 3. The lowest BCUT2D eigenvalue weighted by Gasteiger charge is -2.45. The fourth-order valence-electron chi connectivity index (χ4n) is 3.26. The van der Waals surface area contributed by atoms with E-state index in [4.69, 9.17) is 18.9 Å². The molecular weight excluding hydrogens is 362 g/mol. The van der Waals surface area contributed by atoms with Crippen LogP contribution in [0.1, 0.15) is 40.5 Å². The Morgan fingerprint density at radius 1 is 1.11 bits per heavy atom. The van der Waals surface area contributed by atoms with Crippen LogP contribution in [-0.2, 0) is 23.7 Å². The van der Waals surface area contributed by atoms with Crippen molar-refractivity contribution in [1.82, 2.24) is 0 Å². The number of rotatable bonds is 9. The highest BCUT2D eigenvalue weighted by Gasteiger charge is 2.57. The molecule has 152 valence electrons. The van der Waals surface area contributed by atoms with E-state index in [1.165, 1.54) is 0 Å². The van der Waals surface area contributed by atoms with Gasteiger partial charge in [0.05, 0.1) is 30.8 Å². The molecule has 0 aromatic heterocycles. The summed E-state index contributed by atoms with van der Waals surface area (Å²) in [5, 5.41) is 28.7. The molecule has 8 heteroatoms. The van der Waals surface area contributed by atoms with Gasteiger partial charge in [0, 0.05) is 12.5 Å². The molecule has 0 amide bonds. The van der Waals surface area contributed by atoms with Crippen LogP contribution in [0.4, 0.5) is 0 Å². The molecule has 0 aromatic carbocycles. The molecule has 1 heterocycles. The Balaban J connectivity index is 2.90. The first-order valence-corrected chi connectivity index (χ1v) is 8.90. The van der Waals surface area contributed by atoms with Gasteiger partial charge in [-0.05, 0) is 34.1 Å². The Morgan fingerprint density at radius 3 is 2.11 bits per heavy atom. The smallest absolute Gasteiger partial charge is 0.330 e. The molecule has 1 aliphatic heterocycles. The summed E-state index contributed by atoms with van der Waals surface area (Å²) in [4.78, 5) is 11.4. The molecule has 0 N–H and O–H groups in total. The molecule has 8 nitrogen and oxygen atoms in total. The van der Waals surface area contributed by atoms with E-state index in [1.54, 1.807) is 13.8 Å². The number of nitriles is 3. The highest BCUT2D eigenvalue weighted by molar-refractivity contribution is 5.81. The third kappa shape index (κ3) is 5.53. The number of hydrogen-bond acceptors (Lipinski definition) is 8. The van der Waals surface area contributed by atoms with Crippen molar-refractivity contribution in [3.05, 3.63) is 12.7 Å². The lowest BCUT2D eigenvalue weighted by Crippen LogP contribution is -2.53. The van der Waals surface area contributed by atoms with Crippen molar-refractivity contribution < 1.29 is 23.7 Å². The molecule has 0 radical (unpaired) electrons. The van der Waals surface area contributed by atoms with Gasteiger partial charge in [0.1, 0.15) is 30.6 Å². The Morgan fingerprint density at radius 2 is 1.64 bits per heavy atom. The largest absolute Gasteiger partial charge is 0.456 e. The third-order valence-electron chi connectivity index (χ3n) is 4.73. The lowest BCUT2D eigenvalue weighted by molar-refractivity contribution is -0.200. The van der Waals surface area contributed by atoms with Gasteiger partial charge in [-0.3, -0.25) is 0 Å². The van der Waals surface area contributed by atoms with Gasteiger partial charge in [-0.1, -0.05) is 6.58 Å². The van der Waals surface area contributed by atoms with Crippen LogP contribution in [0, 0.1) is 44.8 Å². The molecule has 0 atom stereocenters. The molecule has 1 aliphatic rings. The average Bonchev–Trinajstić information content (AvgIpc) is 2.63. The Hall–Kier alpha value is -2.44. The molecule has 28 heavy (non-hydrogen) atoms. The summed E-state index contributed by atoms with van der Waals surface area (Å²) in [5.74, 6) is -0.512. The summed E-state index contributed by atoms with van der Waals surface area (Å²) in [6.45, 7) is 10.9. The molecule has 0 unspecified atom stereocenters. The van der Waals surface area contributed by atoms with Crippen LogP contribution in [0.2, 0.25) is 0 Å². The molecule has 1 fully saturated rings. The fraction of sp³-hybridized carbons (Fsp3) is 0.700. The average molecular weight is 389 g/mol. The summed E-state index contributed by atoms with van der Waals surface area (Å²) in [7, 11) is 0. The van der Waals surface area contributed by atoms with Crippen molar-refractivity contribution in [2.45, 2.75) is 51.7 Å². The van der Waals surface area contributed by atoms with E-state index in [-0.39, 0.29) is 33.0 Å². The normalized spacial score (nSPS) is 16.9. The quantitative estimate of drug-likeness (QED) is 0.435. The van der Waals surface area contributed by atoms with Crippen LogP contribution in [-0.4, -0.2) is 43.8 Å². The van der Waals surface area contributed by atoms with E-state index in [9.17, 15) is 20.6 Å².